The number of halogens is 1. The maximum Gasteiger partial charge on any atom is 0.317 e. The topological polar surface area (TPSA) is 35.6 Å². The largest absolute Gasteiger partial charge is 0.368 e. The summed E-state index contributed by atoms with van der Waals surface area (Å²) in [6.45, 7) is 5.93. The van der Waals surface area contributed by atoms with Crippen LogP contribution in [0.5, 0.6) is 0 Å². The molecule has 1 fully saturated rings. The second-order valence-corrected chi connectivity index (χ2v) is 5.74. The Labute approximate surface area is 132 Å². The van der Waals surface area contributed by atoms with Crippen LogP contribution in [0.25, 0.3) is 0 Å². The summed E-state index contributed by atoms with van der Waals surface area (Å²) in [5.74, 6) is -0.218. The van der Waals surface area contributed by atoms with E-state index in [9.17, 15) is 9.18 Å². The highest BCUT2D eigenvalue weighted by molar-refractivity contribution is 5.74. The number of urea groups is 1. The molecule has 0 aliphatic carbocycles. The van der Waals surface area contributed by atoms with E-state index in [4.69, 9.17) is 0 Å². The molecule has 1 aliphatic heterocycles. The molecule has 2 rings (SSSR count). The Hall–Kier alpha value is -1.78. The number of anilines is 1. The van der Waals surface area contributed by atoms with E-state index in [0.29, 0.717) is 13.1 Å². The van der Waals surface area contributed by atoms with Gasteiger partial charge >= 0.3 is 6.03 Å². The van der Waals surface area contributed by atoms with Gasteiger partial charge in [0.05, 0.1) is 0 Å². The molecule has 1 aromatic rings. The third kappa shape index (κ3) is 4.90. The van der Waals surface area contributed by atoms with Crippen molar-refractivity contribution in [3.63, 3.8) is 0 Å². The van der Waals surface area contributed by atoms with E-state index >= 15 is 0 Å². The Bertz CT molecular complexity index is 455. The zero-order chi connectivity index (χ0) is 15.8. The van der Waals surface area contributed by atoms with Gasteiger partial charge in [-0.05, 0) is 30.7 Å². The summed E-state index contributed by atoms with van der Waals surface area (Å²) in [6, 6.07) is 6.57. The van der Waals surface area contributed by atoms with Crippen LogP contribution in [0, 0.1) is 5.82 Å². The minimum absolute atomic E-state index is 0.0373. The number of benzene rings is 1. The molecule has 0 saturated carbocycles. The van der Waals surface area contributed by atoms with Crippen LogP contribution < -0.4 is 10.2 Å². The predicted octanol–water partition coefficient (Wildman–Crippen LogP) is 3.24. The van der Waals surface area contributed by atoms with Crippen LogP contribution in [0.2, 0.25) is 0 Å². The molecule has 0 unspecified atom stereocenters. The first kappa shape index (κ1) is 16.6. The number of carbonyl (C=O) groups excluding carboxylic acids is 1. The van der Waals surface area contributed by atoms with Crippen LogP contribution in [-0.2, 0) is 0 Å². The highest BCUT2D eigenvalue weighted by atomic mass is 19.1. The smallest absolute Gasteiger partial charge is 0.317 e. The van der Waals surface area contributed by atoms with Crippen molar-refractivity contribution < 1.29 is 9.18 Å². The minimum atomic E-state index is -0.218. The Morgan fingerprint density at radius 3 is 2.41 bits per heavy atom. The zero-order valence-electron chi connectivity index (χ0n) is 13.4. The van der Waals surface area contributed by atoms with Crippen LogP contribution in [0.4, 0.5) is 14.9 Å². The van der Waals surface area contributed by atoms with Gasteiger partial charge in [0.2, 0.25) is 0 Å². The molecule has 0 radical (unpaired) electrons. The van der Waals surface area contributed by atoms with Gasteiger partial charge in [0.25, 0.3) is 0 Å². The molecule has 5 heteroatoms. The fraction of sp³-hybridized carbons (Fsp3) is 0.588. The maximum atomic E-state index is 12.9. The van der Waals surface area contributed by atoms with Crippen molar-refractivity contribution in [3.8, 4) is 0 Å². The average Bonchev–Trinajstić information content (AvgIpc) is 2.55. The number of nitrogens with zero attached hydrogens (tertiary/aromatic N) is 2. The molecule has 122 valence electrons. The summed E-state index contributed by atoms with van der Waals surface area (Å²) in [5, 5.41) is 2.99. The van der Waals surface area contributed by atoms with Crippen molar-refractivity contribution >= 4 is 11.7 Å². The third-order valence-electron chi connectivity index (χ3n) is 4.07. The van der Waals surface area contributed by atoms with Gasteiger partial charge in [-0.1, -0.05) is 26.2 Å². The van der Waals surface area contributed by atoms with Gasteiger partial charge in [0.1, 0.15) is 5.82 Å². The number of hydrogen-bond acceptors (Lipinski definition) is 2. The number of amides is 2. The fourth-order valence-corrected chi connectivity index (χ4v) is 2.68. The molecular weight excluding hydrogens is 281 g/mol. The van der Waals surface area contributed by atoms with Gasteiger partial charge in [0, 0.05) is 38.4 Å². The summed E-state index contributed by atoms with van der Waals surface area (Å²) in [7, 11) is 0. The first-order valence-corrected chi connectivity index (χ1v) is 8.24. The lowest BCUT2D eigenvalue weighted by Crippen LogP contribution is -2.52. The fourth-order valence-electron chi connectivity index (χ4n) is 2.68. The van der Waals surface area contributed by atoms with E-state index in [0.717, 1.165) is 31.7 Å². The maximum absolute atomic E-state index is 12.9. The molecule has 0 atom stereocenters. The second-order valence-electron chi connectivity index (χ2n) is 5.74. The van der Waals surface area contributed by atoms with Gasteiger partial charge in [-0.25, -0.2) is 9.18 Å². The Kier molecular flexibility index (Phi) is 6.49. The van der Waals surface area contributed by atoms with E-state index in [1.165, 1.54) is 31.4 Å². The molecule has 1 aromatic carbocycles. The normalized spacial score (nSPS) is 15.0. The van der Waals surface area contributed by atoms with Crippen LogP contribution in [0.15, 0.2) is 24.3 Å². The molecule has 4 nitrogen and oxygen atoms in total. The number of hydrogen-bond donors (Lipinski definition) is 1. The summed E-state index contributed by atoms with van der Waals surface area (Å²) in [4.78, 5) is 16.1. The highest BCUT2D eigenvalue weighted by Crippen LogP contribution is 2.16. The van der Waals surface area contributed by atoms with Gasteiger partial charge in [0.15, 0.2) is 0 Å². The lowest BCUT2D eigenvalue weighted by molar-refractivity contribution is 0.194. The molecule has 1 saturated heterocycles. The predicted molar refractivity (Wildman–Crippen MR) is 87.7 cm³/mol. The number of rotatable bonds is 6. The lowest BCUT2D eigenvalue weighted by Gasteiger charge is -2.36. The number of nitrogens with one attached hydrogen (secondary N) is 1. The lowest BCUT2D eigenvalue weighted by atomic mass is 10.2. The van der Waals surface area contributed by atoms with Crippen LogP contribution >= 0.6 is 0 Å². The van der Waals surface area contributed by atoms with Crippen LogP contribution in [0.3, 0.4) is 0 Å². The average molecular weight is 307 g/mol. The van der Waals surface area contributed by atoms with E-state index < -0.39 is 0 Å². The van der Waals surface area contributed by atoms with E-state index in [1.54, 1.807) is 12.1 Å². The standard InChI is InChI=1S/C17H26FN3O/c1-2-3-4-5-10-19-17(22)21-13-11-20(12-14-21)16-8-6-15(18)7-9-16/h6-9H,2-5,10-14H2,1H3,(H,19,22). The monoisotopic (exact) mass is 307 g/mol. The first-order chi connectivity index (χ1) is 10.7. The minimum Gasteiger partial charge on any atom is -0.368 e. The van der Waals surface area contributed by atoms with Crippen molar-refractivity contribution in [1.29, 1.82) is 0 Å². The Morgan fingerprint density at radius 2 is 1.77 bits per heavy atom. The molecule has 0 spiro atoms. The molecular formula is C17H26FN3O. The molecule has 2 amide bonds. The van der Waals surface area contributed by atoms with Gasteiger partial charge in [-0.2, -0.15) is 0 Å². The first-order valence-electron chi connectivity index (χ1n) is 8.24. The van der Waals surface area contributed by atoms with Crippen molar-refractivity contribution in [1.82, 2.24) is 10.2 Å². The SMILES string of the molecule is CCCCCCNC(=O)N1CCN(c2ccc(F)cc2)CC1. The molecule has 1 aliphatic rings. The summed E-state index contributed by atoms with van der Waals surface area (Å²) < 4.78 is 12.9. The number of piperazine rings is 1. The summed E-state index contributed by atoms with van der Waals surface area (Å²) in [5.41, 5.74) is 1.01. The van der Waals surface area contributed by atoms with Gasteiger partial charge in [-0.15, -0.1) is 0 Å². The van der Waals surface area contributed by atoms with Crippen LogP contribution in [-0.4, -0.2) is 43.7 Å². The van der Waals surface area contributed by atoms with Crippen molar-refractivity contribution in [2.45, 2.75) is 32.6 Å². The molecule has 22 heavy (non-hydrogen) atoms. The quantitative estimate of drug-likeness (QED) is 0.819. The summed E-state index contributed by atoms with van der Waals surface area (Å²) >= 11 is 0. The van der Waals surface area contributed by atoms with Crippen LogP contribution in [0.1, 0.15) is 32.6 Å². The zero-order valence-corrected chi connectivity index (χ0v) is 13.4. The second kappa shape index (κ2) is 8.61. The van der Waals surface area contributed by atoms with Crippen molar-refractivity contribution in [3.05, 3.63) is 30.1 Å². The van der Waals surface area contributed by atoms with Crippen molar-refractivity contribution in [2.24, 2.45) is 0 Å². The molecule has 0 bridgehead atoms. The third-order valence-corrected chi connectivity index (χ3v) is 4.07. The molecule has 1 heterocycles. The number of carbonyl (C=O) groups is 1. The highest BCUT2D eigenvalue weighted by Gasteiger charge is 2.20. The summed E-state index contributed by atoms with van der Waals surface area (Å²) in [6.07, 6.45) is 4.66. The van der Waals surface area contributed by atoms with E-state index in [-0.39, 0.29) is 11.8 Å². The van der Waals surface area contributed by atoms with Gasteiger partial charge < -0.3 is 15.1 Å². The number of unbranched alkanes of at least 4 members (excludes halogenated alkanes) is 3. The Balaban J connectivity index is 1.70. The van der Waals surface area contributed by atoms with Crippen molar-refractivity contribution in [2.75, 3.05) is 37.6 Å². The Morgan fingerprint density at radius 1 is 1.09 bits per heavy atom. The molecule has 1 N–H and O–H groups in total. The van der Waals surface area contributed by atoms with E-state index in [1.807, 2.05) is 4.90 Å². The van der Waals surface area contributed by atoms with E-state index in [2.05, 4.69) is 17.1 Å². The molecule has 0 aromatic heterocycles. The van der Waals surface area contributed by atoms with Gasteiger partial charge in [-0.3, -0.25) is 0 Å².